The molecule has 0 saturated carbocycles. The molecule has 3 heterocycles. The molecule has 0 amide bonds. The number of nitrogens with one attached hydrogen (secondary N) is 1. The van der Waals surface area contributed by atoms with Crippen LogP contribution in [0.5, 0.6) is 5.75 Å². The number of hydrogen-bond acceptors (Lipinski definition) is 7. The molecule has 160 valence electrons. The van der Waals surface area contributed by atoms with E-state index in [4.69, 9.17) is 4.74 Å². The second-order valence-corrected chi connectivity index (χ2v) is 7.15. The predicted octanol–water partition coefficient (Wildman–Crippen LogP) is 0.917. The maximum atomic E-state index is 13.3. The van der Waals surface area contributed by atoms with Crippen LogP contribution < -0.4 is 20.5 Å². The maximum Gasteiger partial charge on any atom is 0.293 e. The molecule has 0 radical (unpaired) electrons. The number of imidazole rings is 1. The molecule has 9 nitrogen and oxygen atoms in total. The summed E-state index contributed by atoms with van der Waals surface area (Å²) >= 11 is 0. The highest BCUT2D eigenvalue weighted by Crippen LogP contribution is 2.20. The Morgan fingerprint density at radius 2 is 1.97 bits per heavy atom. The summed E-state index contributed by atoms with van der Waals surface area (Å²) < 4.78 is 8.14. The van der Waals surface area contributed by atoms with Crippen molar-refractivity contribution in [1.82, 2.24) is 24.6 Å². The summed E-state index contributed by atoms with van der Waals surface area (Å²) in [5.74, 6) is 7.07. The first-order valence-corrected chi connectivity index (χ1v) is 10.1. The first-order valence-electron chi connectivity index (χ1n) is 10.1. The van der Waals surface area contributed by atoms with Crippen molar-refractivity contribution < 1.29 is 9.53 Å². The van der Waals surface area contributed by atoms with E-state index in [1.165, 1.54) is 4.68 Å². The number of piperazine rings is 1. The standard InChI is InChI=1S/C22H24N6O3/c1-3-4-11-27-20-18(25-22(27)26-12-9-23-10-13-26)14-24-28(21(20)30)15-19(29)16-5-7-17(31-2)8-6-16/h5-8,14,23H,9-13,15H2,1-2H3. The van der Waals surface area contributed by atoms with Crippen molar-refractivity contribution in [2.75, 3.05) is 38.2 Å². The Morgan fingerprint density at radius 3 is 2.65 bits per heavy atom. The molecule has 9 heteroatoms. The molecule has 0 unspecified atom stereocenters. The number of fused-ring (bicyclic) bond motifs is 1. The highest BCUT2D eigenvalue weighted by molar-refractivity contribution is 5.96. The number of benzene rings is 1. The van der Waals surface area contributed by atoms with Crippen LogP contribution in [0, 0.1) is 11.8 Å². The number of ether oxygens (including phenoxy) is 1. The Labute approximate surface area is 179 Å². The van der Waals surface area contributed by atoms with E-state index in [2.05, 4.69) is 32.1 Å². The lowest BCUT2D eigenvalue weighted by molar-refractivity contribution is 0.0966. The molecule has 0 spiro atoms. The van der Waals surface area contributed by atoms with Crippen LogP contribution in [0.3, 0.4) is 0 Å². The summed E-state index contributed by atoms with van der Waals surface area (Å²) in [6.07, 6.45) is 1.54. The minimum atomic E-state index is -0.355. The molecule has 0 atom stereocenters. The monoisotopic (exact) mass is 420 g/mol. The average Bonchev–Trinajstić information content (AvgIpc) is 3.19. The smallest absolute Gasteiger partial charge is 0.293 e. The van der Waals surface area contributed by atoms with Crippen LogP contribution in [0.4, 0.5) is 5.95 Å². The first-order chi connectivity index (χ1) is 15.1. The van der Waals surface area contributed by atoms with Gasteiger partial charge in [-0.15, -0.1) is 5.92 Å². The molecule has 31 heavy (non-hydrogen) atoms. The van der Waals surface area contributed by atoms with Crippen molar-refractivity contribution in [3.8, 4) is 17.6 Å². The minimum Gasteiger partial charge on any atom is -0.497 e. The molecule has 1 saturated heterocycles. The molecule has 3 aromatic rings. The molecule has 1 aliphatic rings. The topological polar surface area (TPSA) is 94.3 Å². The van der Waals surface area contributed by atoms with Gasteiger partial charge in [-0.25, -0.2) is 9.67 Å². The molecule has 1 aromatic carbocycles. The molecule has 1 N–H and O–H groups in total. The molecule has 1 fully saturated rings. The first kappa shape index (κ1) is 20.6. The van der Waals surface area contributed by atoms with Gasteiger partial charge in [0.1, 0.15) is 23.3 Å². The van der Waals surface area contributed by atoms with E-state index in [0.717, 1.165) is 26.2 Å². The molecular formula is C22H24N6O3. The van der Waals surface area contributed by atoms with Gasteiger partial charge in [0.05, 0.1) is 19.9 Å². The number of rotatable bonds is 6. The van der Waals surface area contributed by atoms with Crippen molar-refractivity contribution in [3.05, 3.63) is 46.4 Å². The van der Waals surface area contributed by atoms with Gasteiger partial charge in [-0.1, -0.05) is 5.92 Å². The highest BCUT2D eigenvalue weighted by atomic mass is 16.5. The van der Waals surface area contributed by atoms with Crippen molar-refractivity contribution >= 4 is 22.8 Å². The van der Waals surface area contributed by atoms with Crippen molar-refractivity contribution in [3.63, 3.8) is 0 Å². The van der Waals surface area contributed by atoms with Gasteiger partial charge >= 0.3 is 0 Å². The Kier molecular flexibility index (Phi) is 6.00. The van der Waals surface area contributed by atoms with Gasteiger partial charge in [-0.2, -0.15) is 5.10 Å². The number of hydrogen-bond donors (Lipinski definition) is 1. The van der Waals surface area contributed by atoms with Gasteiger partial charge in [-0.3, -0.25) is 14.2 Å². The number of ketones is 1. The average molecular weight is 420 g/mol. The quantitative estimate of drug-likeness (QED) is 0.468. The van der Waals surface area contributed by atoms with E-state index in [1.54, 1.807) is 44.5 Å². The van der Waals surface area contributed by atoms with E-state index in [0.29, 0.717) is 34.8 Å². The summed E-state index contributed by atoms with van der Waals surface area (Å²) in [6, 6.07) is 6.78. The van der Waals surface area contributed by atoms with Crippen LogP contribution in [-0.2, 0) is 13.1 Å². The molecule has 4 rings (SSSR count). The summed E-state index contributed by atoms with van der Waals surface area (Å²) in [4.78, 5) is 32.8. The van der Waals surface area contributed by atoms with Crippen LogP contribution >= 0.6 is 0 Å². The van der Waals surface area contributed by atoms with Crippen molar-refractivity contribution in [2.45, 2.75) is 20.0 Å². The molecular weight excluding hydrogens is 396 g/mol. The normalized spacial score (nSPS) is 13.7. The molecule has 2 aromatic heterocycles. The minimum absolute atomic E-state index is 0.158. The number of methoxy groups -OCH3 is 1. The lowest BCUT2D eigenvalue weighted by Crippen LogP contribution is -2.44. The van der Waals surface area contributed by atoms with Crippen molar-refractivity contribution in [2.24, 2.45) is 0 Å². The van der Waals surface area contributed by atoms with Gasteiger partial charge in [0.15, 0.2) is 5.78 Å². The van der Waals surface area contributed by atoms with E-state index >= 15 is 0 Å². The fraction of sp³-hybridized carbons (Fsp3) is 0.364. The highest BCUT2D eigenvalue weighted by Gasteiger charge is 2.22. The number of nitrogens with zero attached hydrogens (tertiary/aromatic N) is 5. The van der Waals surface area contributed by atoms with Crippen LogP contribution in [0.1, 0.15) is 17.3 Å². The van der Waals surface area contributed by atoms with Crippen molar-refractivity contribution in [1.29, 1.82) is 0 Å². The number of aromatic nitrogens is 4. The summed E-state index contributed by atoms with van der Waals surface area (Å²) in [5, 5.41) is 7.52. The number of carbonyl (C=O) groups excluding carboxylic acids is 1. The number of carbonyl (C=O) groups is 1. The summed E-state index contributed by atoms with van der Waals surface area (Å²) in [7, 11) is 1.57. The van der Waals surface area contributed by atoms with Crippen LogP contribution in [0.25, 0.3) is 11.0 Å². The van der Waals surface area contributed by atoms with Gasteiger partial charge in [0.2, 0.25) is 5.95 Å². The zero-order chi connectivity index (χ0) is 21.8. The second kappa shape index (κ2) is 9.02. The van der Waals surface area contributed by atoms with E-state index in [-0.39, 0.29) is 17.9 Å². The van der Waals surface area contributed by atoms with Crippen LogP contribution in [-0.4, -0.2) is 58.4 Å². The summed E-state index contributed by atoms with van der Waals surface area (Å²) in [5.41, 5.74) is 1.05. The third kappa shape index (κ3) is 4.15. The SMILES string of the molecule is CC#CCn1c(N2CCNCC2)nc2cnn(CC(=O)c3ccc(OC)cc3)c(=O)c21. The Morgan fingerprint density at radius 1 is 1.23 bits per heavy atom. The fourth-order valence-electron chi connectivity index (χ4n) is 3.60. The lowest BCUT2D eigenvalue weighted by atomic mass is 10.1. The summed E-state index contributed by atoms with van der Waals surface area (Å²) in [6.45, 7) is 5.23. The molecule has 1 aliphatic heterocycles. The fourth-order valence-corrected chi connectivity index (χ4v) is 3.60. The third-order valence-corrected chi connectivity index (χ3v) is 5.25. The Bertz CT molecular complexity index is 1210. The van der Waals surface area contributed by atoms with Gasteiger partial charge in [0, 0.05) is 31.7 Å². The van der Waals surface area contributed by atoms with E-state index in [1.807, 2.05) is 4.57 Å². The second-order valence-electron chi connectivity index (χ2n) is 7.15. The van der Waals surface area contributed by atoms with Gasteiger partial charge in [-0.05, 0) is 31.2 Å². The van der Waals surface area contributed by atoms with Gasteiger partial charge in [0.25, 0.3) is 5.56 Å². The Balaban J connectivity index is 1.71. The largest absolute Gasteiger partial charge is 0.497 e. The third-order valence-electron chi connectivity index (χ3n) is 5.25. The number of anilines is 1. The predicted molar refractivity (Wildman–Crippen MR) is 118 cm³/mol. The Hall–Kier alpha value is -3.64. The zero-order valence-electron chi connectivity index (χ0n) is 17.6. The van der Waals surface area contributed by atoms with Crippen LogP contribution in [0.15, 0.2) is 35.3 Å². The zero-order valence-corrected chi connectivity index (χ0v) is 17.6. The number of Topliss-reactive ketones (excluding diaryl/α,β-unsaturated/α-hetero) is 1. The van der Waals surface area contributed by atoms with Crippen LogP contribution in [0.2, 0.25) is 0 Å². The van der Waals surface area contributed by atoms with E-state index in [9.17, 15) is 9.59 Å². The maximum absolute atomic E-state index is 13.3. The van der Waals surface area contributed by atoms with E-state index < -0.39 is 0 Å². The molecule has 0 bridgehead atoms. The lowest BCUT2D eigenvalue weighted by Gasteiger charge is -2.28. The van der Waals surface area contributed by atoms with Gasteiger partial charge < -0.3 is 15.0 Å². The molecule has 0 aliphatic carbocycles.